The molecule has 0 aliphatic carbocycles. The molecule has 3 rings (SSSR count). The Bertz CT molecular complexity index is 892. The van der Waals surface area contributed by atoms with E-state index in [1.165, 1.54) is 11.6 Å². The Balaban J connectivity index is 2.18. The van der Waals surface area contributed by atoms with Gasteiger partial charge >= 0.3 is 0 Å². The third-order valence-corrected chi connectivity index (χ3v) is 4.11. The standard InChI is InChI=1S/C22H18FN/c1-2-6-16-9-12-20(17-7-4-3-5-8-17)21(13-16)18-10-11-19(15-24)22(23)14-18/h3-5,7-14H,2,6H2,1H3. The fourth-order valence-electron chi connectivity index (χ4n) is 2.92. The highest BCUT2D eigenvalue weighted by molar-refractivity contribution is 5.84. The predicted octanol–water partition coefficient (Wildman–Crippen LogP) is 5.98. The highest BCUT2D eigenvalue weighted by atomic mass is 19.1. The summed E-state index contributed by atoms with van der Waals surface area (Å²) in [5.41, 5.74) is 5.26. The largest absolute Gasteiger partial charge is 0.206 e. The molecule has 0 radical (unpaired) electrons. The molecule has 0 aromatic heterocycles. The molecule has 0 saturated heterocycles. The normalized spacial score (nSPS) is 10.4. The molecule has 0 N–H and O–H groups in total. The zero-order valence-corrected chi connectivity index (χ0v) is 13.6. The van der Waals surface area contributed by atoms with Gasteiger partial charge in [0.25, 0.3) is 0 Å². The molecule has 0 fully saturated rings. The van der Waals surface area contributed by atoms with Crippen molar-refractivity contribution in [1.29, 1.82) is 5.26 Å². The fourth-order valence-corrected chi connectivity index (χ4v) is 2.92. The lowest BCUT2D eigenvalue weighted by Gasteiger charge is -2.13. The summed E-state index contributed by atoms with van der Waals surface area (Å²) in [4.78, 5) is 0. The summed E-state index contributed by atoms with van der Waals surface area (Å²) in [7, 11) is 0. The third kappa shape index (κ3) is 3.21. The van der Waals surface area contributed by atoms with Crippen LogP contribution in [0.1, 0.15) is 24.5 Å². The average molecular weight is 315 g/mol. The lowest BCUT2D eigenvalue weighted by Crippen LogP contribution is -1.92. The zero-order valence-electron chi connectivity index (χ0n) is 13.6. The summed E-state index contributed by atoms with van der Waals surface area (Å²) in [6.07, 6.45) is 2.05. The van der Waals surface area contributed by atoms with Crippen molar-refractivity contribution in [3.8, 4) is 28.3 Å². The first-order chi connectivity index (χ1) is 11.7. The van der Waals surface area contributed by atoms with E-state index in [0.717, 1.165) is 35.1 Å². The van der Waals surface area contributed by atoms with E-state index < -0.39 is 5.82 Å². The van der Waals surface area contributed by atoms with Gasteiger partial charge in [0.05, 0.1) is 5.56 Å². The Kier molecular flexibility index (Phi) is 4.72. The number of nitrogens with zero attached hydrogens (tertiary/aromatic N) is 1. The van der Waals surface area contributed by atoms with E-state index in [4.69, 9.17) is 5.26 Å². The van der Waals surface area contributed by atoms with Gasteiger partial charge < -0.3 is 0 Å². The molecule has 0 heterocycles. The smallest absolute Gasteiger partial charge is 0.141 e. The first-order valence-corrected chi connectivity index (χ1v) is 8.11. The minimum atomic E-state index is -0.477. The van der Waals surface area contributed by atoms with E-state index in [9.17, 15) is 4.39 Å². The minimum absolute atomic E-state index is 0.0738. The lowest BCUT2D eigenvalue weighted by molar-refractivity contribution is 0.624. The lowest BCUT2D eigenvalue weighted by atomic mass is 9.91. The van der Waals surface area contributed by atoms with Gasteiger partial charge in [-0.25, -0.2) is 4.39 Å². The summed E-state index contributed by atoms with van der Waals surface area (Å²) in [6, 6.07) is 23.2. The molecule has 118 valence electrons. The number of hydrogen-bond acceptors (Lipinski definition) is 1. The Morgan fingerprint density at radius 1 is 0.875 bits per heavy atom. The second-order valence-corrected chi connectivity index (χ2v) is 5.80. The molecule has 1 nitrogen and oxygen atoms in total. The molecule has 0 amide bonds. The molecule has 24 heavy (non-hydrogen) atoms. The van der Waals surface area contributed by atoms with Crippen LogP contribution < -0.4 is 0 Å². The van der Waals surface area contributed by atoms with Crippen molar-refractivity contribution in [2.24, 2.45) is 0 Å². The van der Waals surface area contributed by atoms with Gasteiger partial charge in [0, 0.05) is 0 Å². The molecule has 0 bridgehead atoms. The van der Waals surface area contributed by atoms with Gasteiger partial charge in [-0.05, 0) is 46.4 Å². The van der Waals surface area contributed by atoms with E-state index in [1.807, 2.05) is 30.3 Å². The van der Waals surface area contributed by atoms with Gasteiger partial charge in [-0.1, -0.05) is 67.9 Å². The monoisotopic (exact) mass is 315 g/mol. The van der Waals surface area contributed by atoms with E-state index in [2.05, 4.69) is 37.3 Å². The SMILES string of the molecule is CCCc1ccc(-c2ccccc2)c(-c2ccc(C#N)c(F)c2)c1. The van der Waals surface area contributed by atoms with Crippen molar-refractivity contribution in [3.63, 3.8) is 0 Å². The van der Waals surface area contributed by atoms with Crippen LogP contribution in [0.5, 0.6) is 0 Å². The first kappa shape index (κ1) is 16.0. The van der Waals surface area contributed by atoms with Crippen LogP contribution >= 0.6 is 0 Å². The molecule has 3 aromatic carbocycles. The molecule has 0 spiro atoms. The minimum Gasteiger partial charge on any atom is -0.206 e. The third-order valence-electron chi connectivity index (χ3n) is 4.11. The molecule has 0 unspecified atom stereocenters. The van der Waals surface area contributed by atoms with Crippen LogP contribution in [0.15, 0.2) is 66.7 Å². The van der Waals surface area contributed by atoms with E-state index in [1.54, 1.807) is 6.07 Å². The summed E-state index contributed by atoms with van der Waals surface area (Å²) < 4.78 is 14.1. The molecule has 2 heteroatoms. The number of rotatable bonds is 4. The Hall–Kier alpha value is -2.92. The number of hydrogen-bond donors (Lipinski definition) is 0. The van der Waals surface area contributed by atoms with Gasteiger partial charge in [-0.15, -0.1) is 0 Å². The van der Waals surface area contributed by atoms with Crippen molar-refractivity contribution < 1.29 is 4.39 Å². The molecule has 3 aromatic rings. The maximum Gasteiger partial charge on any atom is 0.141 e. The van der Waals surface area contributed by atoms with Crippen LogP contribution in [-0.4, -0.2) is 0 Å². The van der Waals surface area contributed by atoms with Crippen molar-refractivity contribution in [2.45, 2.75) is 19.8 Å². The maximum absolute atomic E-state index is 14.1. The van der Waals surface area contributed by atoms with E-state index in [0.29, 0.717) is 0 Å². The number of halogens is 1. The fraction of sp³-hybridized carbons (Fsp3) is 0.136. The molecule has 0 saturated carbocycles. The molecule has 0 atom stereocenters. The van der Waals surface area contributed by atoms with Crippen molar-refractivity contribution in [3.05, 3.63) is 83.7 Å². The number of benzene rings is 3. The molecule has 0 aliphatic heterocycles. The van der Waals surface area contributed by atoms with Crippen LogP contribution in [0.25, 0.3) is 22.3 Å². The zero-order chi connectivity index (χ0) is 16.9. The predicted molar refractivity (Wildman–Crippen MR) is 96.0 cm³/mol. The van der Waals surface area contributed by atoms with Crippen molar-refractivity contribution in [1.82, 2.24) is 0 Å². The second-order valence-electron chi connectivity index (χ2n) is 5.80. The Labute approximate surface area is 142 Å². The molecular weight excluding hydrogens is 297 g/mol. The average Bonchev–Trinajstić information content (AvgIpc) is 2.62. The van der Waals surface area contributed by atoms with Crippen LogP contribution in [0.2, 0.25) is 0 Å². The molecular formula is C22H18FN. The Morgan fingerprint density at radius 3 is 2.33 bits per heavy atom. The first-order valence-electron chi connectivity index (χ1n) is 8.11. The van der Waals surface area contributed by atoms with Crippen LogP contribution in [-0.2, 0) is 6.42 Å². The van der Waals surface area contributed by atoms with E-state index in [-0.39, 0.29) is 5.56 Å². The van der Waals surface area contributed by atoms with Crippen molar-refractivity contribution >= 4 is 0 Å². The van der Waals surface area contributed by atoms with E-state index >= 15 is 0 Å². The van der Waals surface area contributed by atoms with Gasteiger partial charge in [-0.2, -0.15) is 5.26 Å². The highest BCUT2D eigenvalue weighted by Gasteiger charge is 2.11. The maximum atomic E-state index is 14.1. The van der Waals surface area contributed by atoms with Crippen molar-refractivity contribution in [2.75, 3.05) is 0 Å². The van der Waals surface area contributed by atoms with Gasteiger partial charge in [0.1, 0.15) is 11.9 Å². The quantitative estimate of drug-likeness (QED) is 0.580. The van der Waals surface area contributed by atoms with Crippen LogP contribution in [0.3, 0.4) is 0 Å². The highest BCUT2D eigenvalue weighted by Crippen LogP contribution is 2.34. The molecule has 0 aliphatic rings. The summed E-state index contributed by atoms with van der Waals surface area (Å²) in [5, 5.41) is 8.94. The van der Waals surface area contributed by atoms with Gasteiger partial charge in [-0.3, -0.25) is 0 Å². The summed E-state index contributed by atoms with van der Waals surface area (Å²) in [6.45, 7) is 2.15. The second kappa shape index (κ2) is 7.10. The topological polar surface area (TPSA) is 23.8 Å². The summed E-state index contributed by atoms with van der Waals surface area (Å²) >= 11 is 0. The number of aryl methyl sites for hydroxylation is 1. The van der Waals surface area contributed by atoms with Gasteiger partial charge in [0.15, 0.2) is 0 Å². The Morgan fingerprint density at radius 2 is 1.67 bits per heavy atom. The number of nitriles is 1. The van der Waals surface area contributed by atoms with Crippen LogP contribution in [0.4, 0.5) is 4.39 Å². The van der Waals surface area contributed by atoms with Gasteiger partial charge in [0.2, 0.25) is 0 Å². The van der Waals surface area contributed by atoms with Crippen LogP contribution in [0, 0.1) is 17.1 Å². The summed E-state index contributed by atoms with van der Waals surface area (Å²) in [5.74, 6) is -0.477.